The first-order valence-corrected chi connectivity index (χ1v) is 19.4. The fourth-order valence-corrected chi connectivity index (χ4v) is 7.35. The summed E-state index contributed by atoms with van der Waals surface area (Å²) in [6.07, 6.45) is 29.2. The molecule has 1 heterocycles. The van der Waals surface area contributed by atoms with Gasteiger partial charge in [0.2, 0.25) is 6.33 Å². The van der Waals surface area contributed by atoms with Crippen molar-refractivity contribution in [3.05, 3.63) is 18.7 Å². The highest BCUT2D eigenvalue weighted by molar-refractivity contribution is 7.43. The Kier molecular flexibility index (Phi) is 25.7. The molecule has 0 unspecified atom stereocenters. The van der Waals surface area contributed by atoms with Crippen LogP contribution in [0.15, 0.2) is 18.7 Å². The number of rotatable bonds is 26. The van der Waals surface area contributed by atoms with Crippen LogP contribution in [0.3, 0.4) is 0 Å². The Labute approximate surface area is 246 Å². The van der Waals surface area contributed by atoms with Gasteiger partial charge in [-0.05, 0) is 33.6 Å². The molecule has 0 atom stereocenters. The lowest BCUT2D eigenvalue weighted by Gasteiger charge is -2.27. The second-order valence-corrected chi connectivity index (χ2v) is 14.1. The number of hydrogen-bond acceptors (Lipinski definition) is 5. The van der Waals surface area contributed by atoms with Gasteiger partial charge in [-0.3, -0.25) is 4.57 Å². The monoisotopic (exact) mass is 608 g/mol. The maximum Gasteiger partial charge on any atom is 0.504 e. The van der Waals surface area contributed by atoms with Gasteiger partial charge in [-0.15, -0.1) is 0 Å². The molecule has 2 N–H and O–H groups in total. The van der Waals surface area contributed by atoms with Gasteiger partial charge in [-0.1, -0.05) is 96.8 Å². The van der Waals surface area contributed by atoms with Crippen molar-refractivity contribution in [2.75, 3.05) is 19.8 Å². The Morgan fingerprint density at radius 1 is 0.725 bits per heavy atom. The average Bonchev–Trinajstić information content (AvgIpc) is 3.34. The van der Waals surface area contributed by atoms with E-state index in [0.29, 0.717) is 19.8 Å². The number of unbranched alkanes of at least 4 members (excludes halogenated alkanes) is 15. The smallest absolute Gasteiger partial charge is 0.504 e. The van der Waals surface area contributed by atoms with Gasteiger partial charge in [0.1, 0.15) is 12.4 Å². The highest BCUT2D eigenvalue weighted by Gasteiger charge is 2.40. The molecule has 0 amide bonds. The van der Waals surface area contributed by atoms with Crippen LogP contribution >= 0.6 is 7.82 Å². The van der Waals surface area contributed by atoms with Crippen molar-refractivity contribution in [3.8, 4) is 0 Å². The van der Waals surface area contributed by atoms with Gasteiger partial charge in [-0.2, -0.15) is 0 Å². The predicted molar refractivity (Wildman–Crippen MR) is 162 cm³/mol. The third kappa shape index (κ3) is 25.2. The average molecular weight is 609 g/mol. The van der Waals surface area contributed by atoms with Gasteiger partial charge < -0.3 is 28.0 Å². The lowest BCUT2D eigenvalue weighted by molar-refractivity contribution is -0.693. The molecular formula is C29H61N2O7PSi. The van der Waals surface area contributed by atoms with Crippen molar-refractivity contribution >= 4 is 16.6 Å². The van der Waals surface area contributed by atoms with Crippen LogP contribution in [0.25, 0.3) is 0 Å². The van der Waals surface area contributed by atoms with E-state index in [1.807, 2.05) is 20.8 Å². The van der Waals surface area contributed by atoms with Gasteiger partial charge in [-0.25, -0.2) is 9.13 Å². The number of aromatic nitrogens is 2. The van der Waals surface area contributed by atoms with Crippen molar-refractivity contribution in [2.45, 2.75) is 150 Å². The molecule has 11 heteroatoms. The SMILES string of the molecule is CCCCCCCCCCCCCCCCCCn1cc[n+](CC[Si](OCC)(OCC)OCC)c1.O=P([O-])(O)O. The van der Waals surface area contributed by atoms with Crippen LogP contribution in [-0.2, 0) is 30.9 Å². The van der Waals surface area contributed by atoms with Crippen LogP contribution in [-0.4, -0.2) is 43.0 Å². The molecule has 0 aromatic carbocycles. The first-order chi connectivity index (χ1) is 19.2. The Hall–Kier alpha value is -0.583. The number of imidazole rings is 1. The number of hydrogen-bond donors (Lipinski definition) is 2. The van der Waals surface area contributed by atoms with Crippen LogP contribution in [0.5, 0.6) is 0 Å². The van der Waals surface area contributed by atoms with Crippen LogP contribution in [0.4, 0.5) is 0 Å². The molecule has 40 heavy (non-hydrogen) atoms. The van der Waals surface area contributed by atoms with E-state index in [0.717, 1.165) is 19.1 Å². The zero-order valence-corrected chi connectivity index (χ0v) is 28.0. The van der Waals surface area contributed by atoms with Crippen LogP contribution in [0, 0.1) is 0 Å². The fourth-order valence-electron chi connectivity index (χ4n) is 4.81. The van der Waals surface area contributed by atoms with Crippen molar-refractivity contribution < 1.29 is 37.1 Å². The number of phosphoric acid groups is 1. The van der Waals surface area contributed by atoms with E-state index in [1.165, 1.54) is 103 Å². The zero-order chi connectivity index (χ0) is 30.0. The number of aryl methyl sites for hydroxylation is 2. The van der Waals surface area contributed by atoms with Gasteiger partial charge in [0.15, 0.2) is 0 Å². The van der Waals surface area contributed by atoms with Gasteiger partial charge in [0.25, 0.3) is 7.82 Å². The standard InChI is InChI=1S/C29H59N2O3Si.H3O4P/c1-5-9-10-11-12-13-14-15-16-17-18-19-20-21-22-23-24-30-25-26-31(29-30)27-28-35(32-6-2,33-7-3)34-8-4;1-5(2,3)4/h25-26,29H,5-24,27-28H2,1-4H3;(H3,1,2,3,4)/q+1;/p-1. The summed E-state index contributed by atoms with van der Waals surface area (Å²) >= 11 is 0. The summed E-state index contributed by atoms with van der Waals surface area (Å²) in [5, 5.41) is 0. The van der Waals surface area contributed by atoms with E-state index in [9.17, 15) is 0 Å². The summed E-state index contributed by atoms with van der Waals surface area (Å²) in [6.45, 7) is 12.2. The largest absolute Gasteiger partial charge is 0.756 e. The van der Waals surface area contributed by atoms with Crippen LogP contribution in [0.1, 0.15) is 130 Å². The van der Waals surface area contributed by atoms with Gasteiger partial charge in [0.05, 0.1) is 19.1 Å². The maximum absolute atomic E-state index is 8.77. The minimum atomic E-state index is -4.89. The maximum atomic E-state index is 8.77. The lowest BCUT2D eigenvalue weighted by Crippen LogP contribution is -2.49. The van der Waals surface area contributed by atoms with Crippen molar-refractivity contribution in [2.24, 2.45) is 0 Å². The van der Waals surface area contributed by atoms with E-state index in [4.69, 9.17) is 32.5 Å². The van der Waals surface area contributed by atoms with Crippen molar-refractivity contribution in [1.82, 2.24) is 4.57 Å². The van der Waals surface area contributed by atoms with E-state index in [1.54, 1.807) is 0 Å². The summed E-state index contributed by atoms with van der Waals surface area (Å²) in [7, 11) is -7.45. The summed E-state index contributed by atoms with van der Waals surface area (Å²) in [5.74, 6) is 0. The molecule has 1 rings (SSSR count). The van der Waals surface area contributed by atoms with E-state index in [2.05, 4.69) is 34.8 Å². The quantitative estimate of drug-likeness (QED) is 0.0532. The number of nitrogens with zero attached hydrogens (tertiary/aromatic N) is 2. The summed E-state index contributed by atoms with van der Waals surface area (Å²) in [5.41, 5.74) is 0. The minimum Gasteiger partial charge on any atom is -0.756 e. The predicted octanol–water partition coefficient (Wildman–Crippen LogP) is 6.52. The van der Waals surface area contributed by atoms with E-state index >= 15 is 0 Å². The zero-order valence-electron chi connectivity index (χ0n) is 26.1. The summed E-state index contributed by atoms with van der Waals surface area (Å²) in [4.78, 5) is 22.9. The Bertz CT molecular complexity index is 708. The molecule has 0 bridgehead atoms. The molecule has 0 aliphatic rings. The highest BCUT2D eigenvalue weighted by atomic mass is 31.2. The molecule has 0 aliphatic heterocycles. The molecule has 1 aromatic heterocycles. The van der Waals surface area contributed by atoms with Gasteiger partial charge in [0, 0.05) is 19.8 Å². The highest BCUT2D eigenvalue weighted by Crippen LogP contribution is 2.19. The fraction of sp³-hybridized carbons (Fsp3) is 0.897. The van der Waals surface area contributed by atoms with Crippen molar-refractivity contribution in [1.29, 1.82) is 0 Å². The van der Waals surface area contributed by atoms with Crippen LogP contribution < -0.4 is 9.46 Å². The summed E-state index contributed by atoms with van der Waals surface area (Å²) < 4.78 is 31.3. The molecule has 0 aliphatic carbocycles. The third-order valence-corrected chi connectivity index (χ3v) is 9.81. The Morgan fingerprint density at radius 3 is 1.48 bits per heavy atom. The van der Waals surface area contributed by atoms with E-state index in [-0.39, 0.29) is 0 Å². The van der Waals surface area contributed by atoms with Crippen LogP contribution in [0.2, 0.25) is 6.04 Å². The molecule has 1 aromatic rings. The molecule has 0 saturated carbocycles. The molecule has 0 spiro atoms. The van der Waals surface area contributed by atoms with E-state index < -0.39 is 16.6 Å². The first-order valence-electron chi connectivity index (χ1n) is 15.9. The Morgan fingerprint density at radius 2 is 1.10 bits per heavy atom. The topological polar surface area (TPSA) is 117 Å². The molecule has 0 saturated heterocycles. The molecule has 238 valence electrons. The molecule has 0 fully saturated rings. The first kappa shape index (κ1) is 39.4. The molecular weight excluding hydrogens is 547 g/mol. The second kappa shape index (κ2) is 26.1. The second-order valence-electron chi connectivity index (χ2n) is 10.4. The van der Waals surface area contributed by atoms with Crippen molar-refractivity contribution in [3.63, 3.8) is 0 Å². The molecule has 0 radical (unpaired) electrons. The lowest BCUT2D eigenvalue weighted by atomic mass is 10.0. The minimum absolute atomic E-state index is 0.636. The van der Waals surface area contributed by atoms with Gasteiger partial charge >= 0.3 is 8.80 Å². The molecule has 9 nitrogen and oxygen atoms in total. The summed E-state index contributed by atoms with van der Waals surface area (Å²) in [6, 6.07) is 0.816. The Balaban J connectivity index is 0.00000277. The normalized spacial score (nSPS) is 12.0. The third-order valence-electron chi connectivity index (χ3n) is 6.79.